The summed E-state index contributed by atoms with van der Waals surface area (Å²) < 4.78 is 0. The van der Waals surface area contributed by atoms with Gasteiger partial charge in [0.15, 0.2) is 0 Å². The van der Waals surface area contributed by atoms with Crippen molar-refractivity contribution in [1.82, 2.24) is 0 Å². The first kappa shape index (κ1) is 22.4. The fraction of sp³-hybridized carbons (Fsp3) is 0. The van der Waals surface area contributed by atoms with Crippen LogP contribution < -0.4 is 98.7 Å². The first-order valence-corrected chi connectivity index (χ1v) is 0.984. The summed E-state index contributed by atoms with van der Waals surface area (Å²) in [7, 11) is -2.31. The van der Waals surface area contributed by atoms with Crippen molar-refractivity contribution in [2.45, 2.75) is 0 Å². The van der Waals surface area contributed by atoms with Gasteiger partial charge in [0.2, 0.25) is 0 Å². The fourth-order valence-corrected chi connectivity index (χ4v) is 0. The van der Waals surface area contributed by atoms with Crippen LogP contribution >= 0.6 is 0 Å². The molecule has 28 valence electrons. The maximum Gasteiger partial charge on any atom is 1.00 e. The van der Waals surface area contributed by atoms with Gasteiger partial charge in [-0.3, -0.25) is 0 Å². The number of nitrogens with zero attached hydrogens (tertiary/aromatic N) is 1. The molecule has 0 saturated carbocycles. The van der Waals surface area contributed by atoms with Gasteiger partial charge in [0.25, 0.3) is 0 Å². The Kier molecular flexibility index (Phi) is 45.5. The molecule has 0 aromatic carbocycles. The molecule has 0 amide bonds. The van der Waals surface area contributed by atoms with Gasteiger partial charge in [-0.05, 0) is 5.97 Å². The molecule has 0 aliphatic rings. The summed E-state index contributed by atoms with van der Waals surface area (Å²) >= 11 is 0. The maximum absolute atomic E-state index is 8.98. The van der Waals surface area contributed by atoms with Gasteiger partial charge in [-0.15, -0.1) is 0 Å². The van der Waals surface area contributed by atoms with Gasteiger partial charge < -0.3 is 11.5 Å². The van der Waals surface area contributed by atoms with Crippen LogP contribution in [-0.4, -0.2) is 7.12 Å². The molecular weight excluding hydrogens is 138 g/mol. The number of nitriles is 1. The second kappa shape index (κ2) is 16.2. The first-order chi connectivity index (χ1) is 2.27. The molecule has 3 nitrogen and oxygen atoms in total. The van der Waals surface area contributed by atoms with Gasteiger partial charge in [-0.1, -0.05) is 0 Å². The van der Waals surface area contributed by atoms with Crippen LogP contribution in [0.2, 0.25) is 0 Å². The third-order valence-corrected chi connectivity index (χ3v) is 0.105. The first-order valence-electron chi connectivity index (χ1n) is 0.984. The Morgan fingerprint density at radius 2 is 1.38 bits per heavy atom. The summed E-state index contributed by atoms with van der Waals surface area (Å²) in [4.78, 5) is 0. The fourth-order valence-electron chi connectivity index (χ4n) is 0. The van der Waals surface area contributed by atoms with E-state index in [9.17, 15) is 0 Å². The second-order valence-electron chi connectivity index (χ2n) is 0.461. The molecule has 0 aromatic heterocycles. The van der Waals surface area contributed by atoms with Gasteiger partial charge in [0, 0.05) is 7.12 Å². The average molecular weight is 139 g/mol. The van der Waals surface area contributed by atoms with Gasteiger partial charge in [0.05, 0.1) is 0 Å². The number of rotatable bonds is 0. The standard InChI is InChI=1S/CBNO2.3Na.H/c3-1-2(4)5;;;;/q-2;3*+1;-1. The van der Waals surface area contributed by atoms with E-state index in [1.165, 1.54) is 0 Å². The molecule has 0 aromatic rings. The van der Waals surface area contributed by atoms with E-state index in [1.54, 1.807) is 0 Å². The van der Waals surface area contributed by atoms with Crippen molar-refractivity contribution in [2.75, 3.05) is 0 Å². The van der Waals surface area contributed by atoms with E-state index < -0.39 is 7.12 Å². The average Bonchev–Trinajstić information content (AvgIpc) is 1.38. The Morgan fingerprint density at radius 1 is 1.25 bits per heavy atom. The van der Waals surface area contributed by atoms with E-state index >= 15 is 0 Å². The Balaban J connectivity index is -0.0000000133. The van der Waals surface area contributed by atoms with Crippen LogP contribution in [0.25, 0.3) is 0 Å². The molecule has 8 heavy (non-hydrogen) atoms. The second-order valence-corrected chi connectivity index (χ2v) is 0.461. The monoisotopic (exact) mass is 139 g/mol. The molecule has 0 aliphatic carbocycles. The summed E-state index contributed by atoms with van der Waals surface area (Å²) in [5, 5.41) is 25.2. The van der Waals surface area contributed by atoms with Crippen LogP contribution in [0.15, 0.2) is 0 Å². The van der Waals surface area contributed by atoms with E-state index in [0.29, 0.717) is 0 Å². The molecule has 0 radical (unpaired) electrons. The minimum absolute atomic E-state index is 0. The van der Waals surface area contributed by atoms with Crippen LogP contribution in [0, 0.1) is 11.2 Å². The van der Waals surface area contributed by atoms with Crippen LogP contribution in [0.3, 0.4) is 0 Å². The molecule has 0 N–H and O–H groups in total. The molecule has 0 aliphatic heterocycles. The summed E-state index contributed by atoms with van der Waals surface area (Å²) in [6, 6.07) is 0. The van der Waals surface area contributed by atoms with Gasteiger partial charge in [-0.25, -0.2) is 5.26 Å². The minimum atomic E-state index is -2.31. The predicted octanol–water partition coefficient (Wildman–Crippen LogP) is -11.6. The topological polar surface area (TPSA) is 69.9 Å². The zero-order chi connectivity index (χ0) is 4.28. The molecule has 7 heteroatoms. The third-order valence-electron chi connectivity index (χ3n) is 0.105. The molecule has 0 heterocycles. The summed E-state index contributed by atoms with van der Waals surface area (Å²) in [5.74, 6) is 0.917. The Morgan fingerprint density at radius 3 is 1.38 bits per heavy atom. The van der Waals surface area contributed by atoms with Crippen molar-refractivity contribution in [1.29, 1.82) is 5.26 Å². The van der Waals surface area contributed by atoms with Crippen molar-refractivity contribution in [3.63, 3.8) is 0 Å². The molecule has 0 rings (SSSR count). The summed E-state index contributed by atoms with van der Waals surface area (Å²) in [6.07, 6.45) is 0. The Labute approximate surface area is 116 Å². The van der Waals surface area contributed by atoms with Gasteiger partial charge in [-0.2, -0.15) is 0 Å². The maximum atomic E-state index is 8.98. The van der Waals surface area contributed by atoms with Crippen LogP contribution in [0.4, 0.5) is 0 Å². The smallest absolute Gasteiger partial charge is 1.00 e. The number of hydrogen-bond donors (Lipinski definition) is 0. The minimum Gasteiger partial charge on any atom is -1.00 e. The van der Waals surface area contributed by atoms with E-state index in [0.717, 1.165) is 5.97 Å². The molecule has 0 unspecified atom stereocenters. The van der Waals surface area contributed by atoms with E-state index in [-0.39, 0.29) is 90.1 Å². The summed E-state index contributed by atoms with van der Waals surface area (Å²) in [6.45, 7) is 0. The van der Waals surface area contributed by atoms with Crippen molar-refractivity contribution < 1.29 is 100 Å². The van der Waals surface area contributed by atoms with Crippen molar-refractivity contribution >= 4 is 7.12 Å². The molecule has 0 atom stereocenters. The Hall–Kier alpha value is 2.47. The van der Waals surface area contributed by atoms with Crippen LogP contribution in [0.5, 0.6) is 0 Å². The summed E-state index contributed by atoms with van der Waals surface area (Å²) in [5.41, 5.74) is 0. The molecule has 0 saturated heterocycles. The van der Waals surface area contributed by atoms with Crippen LogP contribution in [0.1, 0.15) is 1.43 Å². The largest absolute Gasteiger partial charge is 1.00 e. The zero-order valence-corrected chi connectivity index (χ0v) is 11.3. The Bertz CT molecular complexity index is 67.3. The van der Waals surface area contributed by atoms with Gasteiger partial charge in [0.1, 0.15) is 0 Å². The SMILES string of the molecule is N#CB([O-])[O-].[H-].[Na+].[Na+].[Na+]. The predicted molar refractivity (Wildman–Crippen MR) is 12.5 cm³/mol. The molecule has 0 bridgehead atoms. The van der Waals surface area contributed by atoms with Crippen molar-refractivity contribution in [2.24, 2.45) is 0 Å². The van der Waals surface area contributed by atoms with Crippen LogP contribution in [-0.2, 0) is 0 Å². The van der Waals surface area contributed by atoms with Crippen molar-refractivity contribution in [3.8, 4) is 5.97 Å². The quantitative estimate of drug-likeness (QED) is 0.313. The van der Waals surface area contributed by atoms with E-state index in [4.69, 9.17) is 15.3 Å². The van der Waals surface area contributed by atoms with Crippen molar-refractivity contribution in [3.05, 3.63) is 0 Å². The third kappa shape index (κ3) is 23.6. The molecular formula is CHBNNa3O2. The molecule has 0 fully saturated rings. The van der Waals surface area contributed by atoms with E-state index in [2.05, 4.69) is 0 Å². The zero-order valence-electron chi connectivity index (χ0n) is 6.34. The number of hydrogen-bond acceptors (Lipinski definition) is 3. The van der Waals surface area contributed by atoms with E-state index in [1.807, 2.05) is 0 Å². The van der Waals surface area contributed by atoms with Gasteiger partial charge >= 0.3 is 88.7 Å². The normalized spacial score (nSPS) is 3.62. The molecule has 0 spiro atoms.